The summed E-state index contributed by atoms with van der Waals surface area (Å²) >= 11 is 1.68. The van der Waals surface area contributed by atoms with Crippen LogP contribution in [0.15, 0.2) is 16.8 Å². The number of amides is 1. The summed E-state index contributed by atoms with van der Waals surface area (Å²) in [4.78, 5) is 11.0. The van der Waals surface area contributed by atoms with E-state index in [-0.39, 0.29) is 5.91 Å². The first-order valence-electron chi connectivity index (χ1n) is 4.31. The van der Waals surface area contributed by atoms with E-state index in [2.05, 4.69) is 16.8 Å². The van der Waals surface area contributed by atoms with Crippen molar-refractivity contribution in [3.05, 3.63) is 22.4 Å². The van der Waals surface area contributed by atoms with E-state index in [0.717, 1.165) is 6.42 Å². The number of hydrogen-bond acceptors (Lipinski definition) is 3. The van der Waals surface area contributed by atoms with E-state index < -0.39 is 0 Å². The summed E-state index contributed by atoms with van der Waals surface area (Å²) in [6.45, 7) is 1.12. The van der Waals surface area contributed by atoms with Crippen molar-refractivity contribution in [1.82, 2.24) is 5.32 Å². The van der Waals surface area contributed by atoms with Gasteiger partial charge in [0.05, 0.1) is 0 Å². The van der Waals surface area contributed by atoms with Crippen LogP contribution in [0.4, 0.5) is 0 Å². The van der Waals surface area contributed by atoms with Gasteiger partial charge in [-0.1, -0.05) is 0 Å². The van der Waals surface area contributed by atoms with Crippen LogP contribution in [0.1, 0.15) is 12.0 Å². The maximum absolute atomic E-state index is 11.0. The molecular formula is C9H14N2OS. The van der Waals surface area contributed by atoms with Crippen molar-refractivity contribution in [2.45, 2.75) is 12.8 Å². The largest absolute Gasteiger partial charge is 0.356 e. The minimum atomic E-state index is 0.0396. The fourth-order valence-electron chi connectivity index (χ4n) is 1.00. The highest BCUT2D eigenvalue weighted by molar-refractivity contribution is 7.07. The Balaban J connectivity index is 2.11. The molecule has 0 aliphatic carbocycles. The molecule has 3 N–H and O–H groups in total. The molecule has 0 aromatic carbocycles. The van der Waals surface area contributed by atoms with Gasteiger partial charge >= 0.3 is 0 Å². The van der Waals surface area contributed by atoms with Gasteiger partial charge in [-0.2, -0.15) is 11.3 Å². The molecule has 0 atom stereocenters. The molecule has 0 aliphatic rings. The highest BCUT2D eigenvalue weighted by atomic mass is 32.1. The van der Waals surface area contributed by atoms with Crippen molar-refractivity contribution in [2.75, 3.05) is 13.1 Å². The molecule has 0 radical (unpaired) electrons. The minimum Gasteiger partial charge on any atom is -0.356 e. The summed E-state index contributed by atoms with van der Waals surface area (Å²) in [5.74, 6) is 0.0396. The molecule has 0 unspecified atom stereocenters. The maximum Gasteiger partial charge on any atom is 0.221 e. The van der Waals surface area contributed by atoms with Crippen LogP contribution in [-0.2, 0) is 11.2 Å². The molecule has 0 aliphatic heterocycles. The maximum atomic E-state index is 11.0. The Morgan fingerprint density at radius 1 is 1.62 bits per heavy atom. The topological polar surface area (TPSA) is 55.1 Å². The van der Waals surface area contributed by atoms with Gasteiger partial charge in [-0.3, -0.25) is 4.79 Å². The zero-order valence-corrected chi connectivity index (χ0v) is 8.27. The molecule has 13 heavy (non-hydrogen) atoms. The van der Waals surface area contributed by atoms with E-state index in [4.69, 9.17) is 5.73 Å². The fourth-order valence-corrected chi connectivity index (χ4v) is 1.70. The molecule has 4 heteroatoms. The van der Waals surface area contributed by atoms with Crippen LogP contribution in [0.25, 0.3) is 0 Å². The molecule has 1 amide bonds. The number of nitrogens with one attached hydrogen (secondary N) is 1. The highest BCUT2D eigenvalue weighted by Gasteiger charge is 1.98. The Kier molecular flexibility index (Phi) is 4.49. The Labute approximate surface area is 81.9 Å². The molecule has 0 spiro atoms. The highest BCUT2D eigenvalue weighted by Crippen LogP contribution is 2.05. The molecule has 0 bridgehead atoms. The molecule has 1 rings (SSSR count). The first kappa shape index (κ1) is 10.2. The van der Waals surface area contributed by atoms with Crippen LogP contribution in [0, 0.1) is 0 Å². The molecule has 0 fully saturated rings. The lowest BCUT2D eigenvalue weighted by Crippen LogP contribution is -2.27. The minimum absolute atomic E-state index is 0.0396. The molecule has 0 saturated carbocycles. The van der Waals surface area contributed by atoms with Gasteiger partial charge in [-0.25, -0.2) is 0 Å². The third-order valence-electron chi connectivity index (χ3n) is 1.69. The van der Waals surface area contributed by atoms with Crippen LogP contribution in [0.2, 0.25) is 0 Å². The van der Waals surface area contributed by atoms with E-state index in [9.17, 15) is 4.79 Å². The van der Waals surface area contributed by atoms with Crippen LogP contribution in [-0.4, -0.2) is 19.0 Å². The van der Waals surface area contributed by atoms with Crippen molar-refractivity contribution in [3.8, 4) is 0 Å². The SMILES string of the molecule is NCCC(=O)NCCc1ccsc1. The summed E-state index contributed by atoms with van der Waals surface area (Å²) in [7, 11) is 0. The zero-order valence-electron chi connectivity index (χ0n) is 7.45. The zero-order chi connectivity index (χ0) is 9.52. The fraction of sp³-hybridized carbons (Fsp3) is 0.444. The number of carbonyl (C=O) groups is 1. The van der Waals surface area contributed by atoms with Crippen LogP contribution in [0.5, 0.6) is 0 Å². The third kappa shape index (κ3) is 4.05. The second kappa shape index (κ2) is 5.72. The lowest BCUT2D eigenvalue weighted by molar-refractivity contribution is -0.120. The second-order valence-corrected chi connectivity index (χ2v) is 3.55. The van der Waals surface area contributed by atoms with E-state index in [1.54, 1.807) is 11.3 Å². The number of nitrogens with two attached hydrogens (primary N) is 1. The van der Waals surface area contributed by atoms with Gasteiger partial charge in [0.1, 0.15) is 0 Å². The average Bonchev–Trinajstić information content (AvgIpc) is 2.57. The number of hydrogen-bond donors (Lipinski definition) is 2. The normalized spacial score (nSPS) is 9.92. The first-order valence-corrected chi connectivity index (χ1v) is 5.25. The van der Waals surface area contributed by atoms with Crippen molar-refractivity contribution >= 4 is 17.2 Å². The molecule has 72 valence electrons. The van der Waals surface area contributed by atoms with E-state index >= 15 is 0 Å². The van der Waals surface area contributed by atoms with Crippen LogP contribution >= 0.6 is 11.3 Å². The predicted molar refractivity (Wildman–Crippen MR) is 54.7 cm³/mol. The van der Waals surface area contributed by atoms with Crippen LogP contribution in [0.3, 0.4) is 0 Å². The van der Waals surface area contributed by atoms with Gasteiger partial charge in [0.25, 0.3) is 0 Å². The lowest BCUT2D eigenvalue weighted by Gasteiger charge is -2.02. The summed E-state index contributed by atoms with van der Waals surface area (Å²) in [6.07, 6.45) is 1.32. The van der Waals surface area contributed by atoms with Gasteiger partial charge in [0, 0.05) is 19.5 Å². The van der Waals surface area contributed by atoms with E-state index in [0.29, 0.717) is 19.5 Å². The molecule has 3 nitrogen and oxygen atoms in total. The molecule has 1 aromatic heterocycles. The Morgan fingerprint density at radius 3 is 3.08 bits per heavy atom. The summed E-state index contributed by atoms with van der Waals surface area (Å²) in [6, 6.07) is 2.07. The van der Waals surface area contributed by atoms with Crippen LogP contribution < -0.4 is 11.1 Å². The Hall–Kier alpha value is -0.870. The number of carbonyl (C=O) groups excluding carboxylic acids is 1. The molecule has 0 saturated heterocycles. The summed E-state index contributed by atoms with van der Waals surface area (Å²) in [5.41, 5.74) is 6.51. The van der Waals surface area contributed by atoms with Gasteiger partial charge in [-0.15, -0.1) is 0 Å². The standard InChI is InChI=1S/C9H14N2OS/c10-4-1-9(12)11-5-2-8-3-6-13-7-8/h3,6-7H,1-2,4-5,10H2,(H,11,12). The number of thiophene rings is 1. The van der Waals surface area contributed by atoms with E-state index in [1.807, 2.05) is 5.38 Å². The quantitative estimate of drug-likeness (QED) is 0.733. The number of rotatable bonds is 5. The van der Waals surface area contributed by atoms with E-state index in [1.165, 1.54) is 5.56 Å². The van der Waals surface area contributed by atoms with Gasteiger partial charge in [0.15, 0.2) is 0 Å². The predicted octanol–water partition coefficient (Wildman–Crippen LogP) is 0.756. The van der Waals surface area contributed by atoms with Crippen molar-refractivity contribution in [2.24, 2.45) is 5.73 Å². The van der Waals surface area contributed by atoms with Gasteiger partial charge in [0.2, 0.25) is 5.91 Å². The Morgan fingerprint density at radius 2 is 2.46 bits per heavy atom. The van der Waals surface area contributed by atoms with Gasteiger partial charge in [-0.05, 0) is 28.8 Å². The van der Waals surface area contributed by atoms with Crippen molar-refractivity contribution in [3.63, 3.8) is 0 Å². The van der Waals surface area contributed by atoms with Gasteiger partial charge < -0.3 is 11.1 Å². The van der Waals surface area contributed by atoms with Crippen molar-refractivity contribution < 1.29 is 4.79 Å². The summed E-state index contributed by atoms with van der Waals surface area (Å²) < 4.78 is 0. The first-order chi connectivity index (χ1) is 6.33. The van der Waals surface area contributed by atoms with Crippen molar-refractivity contribution in [1.29, 1.82) is 0 Å². The lowest BCUT2D eigenvalue weighted by atomic mass is 10.2. The third-order valence-corrected chi connectivity index (χ3v) is 2.42. The molecule has 1 aromatic rings. The summed E-state index contributed by atoms with van der Waals surface area (Å²) in [5, 5.41) is 6.94. The molecule has 1 heterocycles. The molecular weight excluding hydrogens is 184 g/mol. The average molecular weight is 198 g/mol. The smallest absolute Gasteiger partial charge is 0.221 e. The second-order valence-electron chi connectivity index (χ2n) is 2.77. The monoisotopic (exact) mass is 198 g/mol. The Bertz CT molecular complexity index is 246.